The third-order valence-corrected chi connectivity index (χ3v) is 30.9. The van der Waals surface area contributed by atoms with Gasteiger partial charge in [-0.1, -0.05) is 527 Å². The first-order chi connectivity index (χ1) is 65.1. The van der Waals surface area contributed by atoms with Gasteiger partial charge in [-0.05, 0) is 251 Å². The molecule has 5 atom stereocenters. The Morgan fingerprint density at radius 2 is 0.705 bits per heavy atom. The number of aromatic nitrogens is 1. The van der Waals surface area contributed by atoms with Crippen molar-refractivity contribution in [3.63, 3.8) is 0 Å². The highest BCUT2D eigenvalue weighted by molar-refractivity contribution is 7.10. The highest BCUT2D eigenvalue weighted by Gasteiger charge is 2.27. The van der Waals surface area contributed by atoms with Gasteiger partial charge in [0.1, 0.15) is 11.9 Å². The van der Waals surface area contributed by atoms with Crippen LogP contribution in [-0.2, 0) is 25.5 Å². The summed E-state index contributed by atoms with van der Waals surface area (Å²) in [7, 11) is 0. The van der Waals surface area contributed by atoms with E-state index in [-0.39, 0.29) is 12.1 Å². The zero-order valence-corrected chi connectivity index (χ0v) is 101. The molecule has 3 unspecified atom stereocenters. The average molecular weight is 1950 g/mol. The second kappa shape index (κ2) is 85.0. The first-order valence-corrected chi connectivity index (χ1v) is 58.4. The number of carbonyl (C=O) groups excluding carboxylic acids is 2. The monoisotopic (exact) mass is 1940 g/mol. The molecule has 7 fully saturated rings. The van der Waals surface area contributed by atoms with E-state index in [4.69, 9.17) is 9.47 Å². The molecule has 2 saturated heterocycles. The highest BCUT2D eigenvalue weighted by Crippen LogP contribution is 2.37. The van der Waals surface area contributed by atoms with Crippen LogP contribution in [0, 0.1) is 131 Å². The van der Waals surface area contributed by atoms with E-state index < -0.39 is 0 Å². The minimum Gasteiger partial charge on any atom is -0.462 e. The van der Waals surface area contributed by atoms with Crippen molar-refractivity contribution in [2.75, 3.05) is 6.61 Å². The Morgan fingerprint density at radius 3 is 0.892 bits per heavy atom. The van der Waals surface area contributed by atoms with Gasteiger partial charge >= 0.3 is 5.97 Å². The van der Waals surface area contributed by atoms with Gasteiger partial charge in [-0.2, -0.15) is 0 Å². The largest absolute Gasteiger partial charge is 0.462 e. The molecule has 13 rings (SSSR count). The fourth-order valence-corrected chi connectivity index (χ4v) is 16.1. The van der Waals surface area contributed by atoms with Crippen LogP contribution in [0.2, 0.25) is 0 Å². The Morgan fingerprint density at radius 1 is 0.345 bits per heavy atom. The van der Waals surface area contributed by atoms with Gasteiger partial charge in [0, 0.05) is 43.1 Å². The molecule has 2 aliphatic heterocycles. The van der Waals surface area contributed by atoms with Crippen LogP contribution in [0.5, 0.6) is 0 Å². The molecule has 139 heavy (non-hydrogen) atoms. The molecule has 5 aliphatic carbocycles. The molecule has 0 spiro atoms. The second-order valence-corrected chi connectivity index (χ2v) is 49.8. The maximum Gasteiger partial charge on any atom is 0.306 e. The maximum atomic E-state index is 10.8. The number of hydrogen-bond donors (Lipinski definition) is 0. The summed E-state index contributed by atoms with van der Waals surface area (Å²) in [5.41, 5.74) is 8.83. The number of benzene rings is 4. The Hall–Kier alpha value is -5.17. The summed E-state index contributed by atoms with van der Waals surface area (Å²) >= 11 is 1.83. The van der Waals surface area contributed by atoms with E-state index in [1.165, 1.54) is 167 Å². The molecule has 2 aromatic heterocycles. The van der Waals surface area contributed by atoms with Crippen molar-refractivity contribution >= 4 is 23.1 Å². The number of cyclic esters (lactones) is 1. The van der Waals surface area contributed by atoms with E-state index in [2.05, 4.69) is 436 Å². The maximum absolute atomic E-state index is 10.8. The van der Waals surface area contributed by atoms with E-state index in [1.807, 2.05) is 35.7 Å². The molecular weight excluding hydrogens is 1710 g/mol. The van der Waals surface area contributed by atoms with E-state index in [0.29, 0.717) is 71.1 Å². The third kappa shape index (κ3) is 80.7. The molecule has 4 heterocycles. The smallest absolute Gasteiger partial charge is 0.306 e. The van der Waals surface area contributed by atoms with Gasteiger partial charge in [-0.15, -0.1) is 11.3 Å². The molecule has 0 radical (unpaired) electrons. The van der Waals surface area contributed by atoms with E-state index in [1.54, 1.807) is 6.20 Å². The number of carbonyl (C=O) groups is 2. The van der Waals surface area contributed by atoms with Crippen LogP contribution in [0.3, 0.4) is 0 Å². The van der Waals surface area contributed by atoms with Crippen molar-refractivity contribution < 1.29 is 19.1 Å². The fourth-order valence-electron chi connectivity index (χ4n) is 15.4. The number of rotatable bonds is 19. The zero-order valence-electron chi connectivity index (χ0n) is 100. The van der Waals surface area contributed by atoms with Crippen LogP contribution in [0.15, 0.2) is 157 Å². The Bertz CT molecular complexity index is 3370. The summed E-state index contributed by atoms with van der Waals surface area (Å²) < 4.78 is 10.4. The van der Waals surface area contributed by atoms with Gasteiger partial charge in [0.15, 0.2) is 0 Å². The molecule has 0 amide bonds. The molecule has 6 heteroatoms. The van der Waals surface area contributed by atoms with Gasteiger partial charge in [0.25, 0.3) is 0 Å². The molecule has 4 aromatic carbocycles. The van der Waals surface area contributed by atoms with Crippen molar-refractivity contribution in [2.24, 2.45) is 124 Å². The van der Waals surface area contributed by atoms with Gasteiger partial charge in [0.2, 0.25) is 0 Å². The molecule has 6 aromatic rings. The Kier molecular flexibility index (Phi) is 85.6. The number of Topliss-reactive ketones (excluding diaryl/α,β-unsaturated/α-hetero) is 1. The lowest BCUT2D eigenvalue weighted by atomic mass is 9.82. The van der Waals surface area contributed by atoms with Crippen LogP contribution >= 0.6 is 11.3 Å². The number of aryl methyl sites for hydroxylation is 1. The van der Waals surface area contributed by atoms with E-state index >= 15 is 0 Å². The van der Waals surface area contributed by atoms with Crippen LogP contribution in [0.25, 0.3) is 0 Å². The van der Waals surface area contributed by atoms with Crippen molar-refractivity contribution in [1.29, 1.82) is 0 Å². The summed E-state index contributed by atoms with van der Waals surface area (Å²) in [5.74, 6) is 21.2. The molecule has 7 aliphatic rings. The van der Waals surface area contributed by atoms with Crippen molar-refractivity contribution in [3.8, 4) is 0 Å². The minimum absolute atomic E-state index is 0.0336. The second-order valence-electron chi connectivity index (χ2n) is 48.9. The van der Waals surface area contributed by atoms with E-state index in [9.17, 15) is 9.59 Å². The van der Waals surface area contributed by atoms with Gasteiger partial charge in [0.05, 0.1) is 6.10 Å². The van der Waals surface area contributed by atoms with Gasteiger partial charge in [-0.3, -0.25) is 14.6 Å². The topological polar surface area (TPSA) is 65.5 Å². The SMILES string of the molecule is CC(C)C(C)(C)C.CC(C)C(C)C.CC(C)C1CC1.CC(C)C1CCC(=O)C1.CC(C)C1CCC(=O)O1.CC(C)C1CCCC1.CC(C)C1CCCC1.CC(C)C1CCCCC1.CC(C)C1CCCO1.CC(C)Cc1ccccc1.CC(C)c1ccccc1.CC(C)c1ccccc1.CC(C)c1cccnc1.CC(C)c1cccs1.CC[C@@H](C)C(C)C.CC[C@H](C)C(C)C.Cc1ccc(C(C)C)cc1. The van der Waals surface area contributed by atoms with Crippen LogP contribution in [0.1, 0.15) is 520 Å². The average Bonchev–Trinajstić information content (AvgIpc) is 1.76. The summed E-state index contributed by atoms with van der Waals surface area (Å²) in [5, 5.41) is 2.12. The van der Waals surface area contributed by atoms with Gasteiger partial charge < -0.3 is 9.47 Å². The van der Waals surface area contributed by atoms with Crippen molar-refractivity contribution in [2.45, 2.75) is 507 Å². The molecular formula is C133H237NO4S. The lowest BCUT2D eigenvalue weighted by Gasteiger charge is -2.24. The first kappa shape index (κ1) is 140. The number of ether oxygens (including phenoxy) is 2. The number of hydrogen-bond acceptors (Lipinski definition) is 6. The highest BCUT2D eigenvalue weighted by atomic mass is 32.1. The third-order valence-electron chi connectivity index (χ3n) is 29.7. The quantitative estimate of drug-likeness (QED) is 0.0756. The minimum atomic E-state index is -0.0336. The summed E-state index contributed by atoms with van der Waals surface area (Å²) in [6.45, 7) is 99.7. The zero-order chi connectivity index (χ0) is 107. The lowest BCUT2D eigenvalue weighted by molar-refractivity contribution is -0.142. The summed E-state index contributed by atoms with van der Waals surface area (Å²) in [6, 6.07) is 48.7. The molecule has 0 N–H and O–H groups in total. The predicted octanol–water partition coefficient (Wildman–Crippen LogP) is 43.2. The fraction of sp³-hybridized carbons (Fsp3) is 0.737. The first-order valence-electron chi connectivity index (χ1n) is 57.5. The number of ketones is 1. The number of nitrogens with zero attached hydrogens (tertiary/aromatic N) is 1. The Labute approximate surface area is 874 Å². The summed E-state index contributed by atoms with van der Waals surface area (Å²) in [4.78, 5) is 26.8. The number of esters is 1. The predicted molar refractivity (Wildman–Crippen MR) is 628 cm³/mol. The Balaban J connectivity index is -0.000000698. The molecule has 0 bridgehead atoms. The molecule has 5 nitrogen and oxygen atoms in total. The van der Waals surface area contributed by atoms with E-state index in [0.717, 1.165) is 133 Å². The number of pyridine rings is 1. The molecule has 5 saturated carbocycles. The number of thiophene rings is 1. The molecule has 804 valence electrons. The van der Waals surface area contributed by atoms with Crippen LogP contribution in [0.4, 0.5) is 0 Å². The summed E-state index contributed by atoms with van der Waals surface area (Å²) in [6.07, 6.45) is 37.6. The van der Waals surface area contributed by atoms with Crippen molar-refractivity contribution in [1.82, 2.24) is 4.98 Å². The van der Waals surface area contributed by atoms with Gasteiger partial charge in [-0.25, -0.2) is 0 Å². The standard InChI is InChI=1S/2C10H14.C9H18.2C9H12.C8H11N.C8H14O.2C8H16.C7H12O2.C7H14O.C7H10S.3C7H16.C6H12.C6H14/c1-8(2)10-6-4-9(3)5-7-10;1-9(2)8-10-6-4-3-5-7-10;3*1-8(2)9-6-4-3-5-7-9;1-7(2)8-4-3-5-9-6-8;1-6(2)7-3-4-8(9)5-7;2*1-7(2)8-5-3-4-6-8;1-5(2)6-3-4-7(8)9-6;2*1-6(2)7-4-3-5-8-7;1-6(2)7(3,4)5;2*1-5-7(4)6(2)3;1-5(2)6-3-4-6;1-5(2)6(3)4/h4-8H,1-3H3;3-7,9H,8H2,1-2H3;8-9H,3-7H2,1-2H3;2*3-8H,1-2H3;3-7H,1-2H3;6-7H,3-5H2,1-2H3;2*7-8H,3-6H2,1-2H3;5-6H,3-4H2,1-2H3;6-7H,3-5H2,1-2H3;3-6H,1-2H3;6H,1-5H3;2*6-7H,5H2,1-4H3;5-6H,3-4H2,1-2H3;5-6H,1-4H3/t;;;;;;;;;;;;;2*7-;;/m.............10../s1. The van der Waals surface area contributed by atoms with Crippen LogP contribution in [-0.4, -0.2) is 35.6 Å². The normalized spacial score (nSPS) is 17.0. The van der Waals surface area contributed by atoms with Crippen LogP contribution < -0.4 is 0 Å². The lowest BCUT2D eigenvalue weighted by Crippen LogP contribution is -2.13. The van der Waals surface area contributed by atoms with Crippen molar-refractivity contribution in [3.05, 3.63) is 196 Å².